The van der Waals surface area contributed by atoms with Crippen LogP contribution in [0.25, 0.3) is 0 Å². The van der Waals surface area contributed by atoms with Gasteiger partial charge in [0, 0.05) is 5.69 Å². The number of nitrogens with one attached hydrogen (secondary N) is 2. The van der Waals surface area contributed by atoms with E-state index in [1.165, 1.54) is 18.2 Å². The molecule has 0 unspecified atom stereocenters. The maximum atomic E-state index is 11.9. The Bertz CT molecular complexity index is 820. The molecule has 23 heavy (non-hydrogen) atoms. The molecule has 2 aromatic carbocycles. The van der Waals surface area contributed by atoms with Crippen LogP contribution in [0.1, 0.15) is 5.56 Å². The number of aryl methyl sites for hydroxylation is 1. The second-order valence-corrected chi connectivity index (χ2v) is 6.92. The molecular weight excluding hydrogens is 338 g/mol. The number of sulfonamides is 1. The summed E-state index contributed by atoms with van der Waals surface area (Å²) in [6.07, 6.45) is 0. The van der Waals surface area contributed by atoms with Crippen LogP contribution in [0.3, 0.4) is 0 Å². The van der Waals surface area contributed by atoms with E-state index >= 15 is 0 Å². The highest BCUT2D eigenvalue weighted by atomic mass is 35.5. The summed E-state index contributed by atoms with van der Waals surface area (Å²) in [4.78, 5) is 11.8. The van der Waals surface area contributed by atoms with E-state index in [0.29, 0.717) is 5.69 Å². The van der Waals surface area contributed by atoms with Crippen molar-refractivity contribution in [2.24, 2.45) is 5.14 Å². The Kier molecular flexibility index (Phi) is 5.25. The lowest BCUT2D eigenvalue weighted by Gasteiger charge is -2.10. The highest BCUT2D eigenvalue weighted by Gasteiger charge is 2.12. The van der Waals surface area contributed by atoms with Gasteiger partial charge in [-0.25, -0.2) is 13.6 Å². The van der Waals surface area contributed by atoms with Gasteiger partial charge in [0.2, 0.25) is 15.9 Å². The number of hydrogen-bond donors (Lipinski definition) is 3. The maximum Gasteiger partial charge on any atom is 0.243 e. The van der Waals surface area contributed by atoms with Gasteiger partial charge < -0.3 is 10.6 Å². The first-order chi connectivity index (χ1) is 10.8. The third-order valence-corrected chi connectivity index (χ3v) is 4.27. The standard InChI is InChI=1S/C15H16ClN3O3S/c1-10-2-4-11(5-3-10)18-9-15(20)19-14-7-6-12(8-13(14)16)23(17,21)22/h2-8,18H,9H2,1H3,(H,19,20)(H2,17,21,22). The SMILES string of the molecule is Cc1ccc(NCC(=O)Nc2ccc(S(N)(=O)=O)cc2Cl)cc1. The summed E-state index contributed by atoms with van der Waals surface area (Å²) in [7, 11) is -3.83. The lowest BCUT2D eigenvalue weighted by atomic mass is 10.2. The second-order valence-electron chi connectivity index (χ2n) is 4.95. The van der Waals surface area contributed by atoms with Crippen molar-refractivity contribution >= 4 is 38.9 Å². The monoisotopic (exact) mass is 353 g/mol. The molecule has 0 atom stereocenters. The number of rotatable bonds is 5. The van der Waals surface area contributed by atoms with Gasteiger partial charge in [0.15, 0.2) is 0 Å². The zero-order chi connectivity index (χ0) is 17.0. The number of primary sulfonamides is 1. The first kappa shape index (κ1) is 17.3. The molecule has 0 spiro atoms. The summed E-state index contributed by atoms with van der Waals surface area (Å²) in [5.41, 5.74) is 2.26. The number of nitrogens with two attached hydrogens (primary N) is 1. The number of halogens is 1. The van der Waals surface area contributed by atoms with E-state index in [2.05, 4.69) is 10.6 Å². The van der Waals surface area contributed by atoms with E-state index < -0.39 is 10.0 Å². The van der Waals surface area contributed by atoms with Crippen molar-refractivity contribution in [3.8, 4) is 0 Å². The molecule has 0 aliphatic carbocycles. The molecule has 1 amide bonds. The molecule has 0 heterocycles. The lowest BCUT2D eigenvalue weighted by Crippen LogP contribution is -2.22. The van der Waals surface area contributed by atoms with Crippen LogP contribution in [-0.4, -0.2) is 20.9 Å². The van der Waals surface area contributed by atoms with E-state index in [1.54, 1.807) is 0 Å². The van der Waals surface area contributed by atoms with Gasteiger partial charge in [-0.1, -0.05) is 29.3 Å². The van der Waals surface area contributed by atoms with Crippen molar-refractivity contribution in [2.75, 3.05) is 17.2 Å². The molecule has 0 fully saturated rings. The van der Waals surface area contributed by atoms with Gasteiger partial charge >= 0.3 is 0 Å². The van der Waals surface area contributed by atoms with Crippen LogP contribution < -0.4 is 15.8 Å². The van der Waals surface area contributed by atoms with E-state index in [9.17, 15) is 13.2 Å². The van der Waals surface area contributed by atoms with Crippen LogP contribution in [0.5, 0.6) is 0 Å². The maximum absolute atomic E-state index is 11.9. The van der Waals surface area contributed by atoms with Crippen LogP contribution >= 0.6 is 11.6 Å². The molecule has 0 saturated heterocycles. The lowest BCUT2D eigenvalue weighted by molar-refractivity contribution is -0.114. The fourth-order valence-electron chi connectivity index (χ4n) is 1.82. The van der Waals surface area contributed by atoms with Gasteiger partial charge in [-0.05, 0) is 37.3 Å². The number of anilines is 2. The molecule has 0 aliphatic rings. The van der Waals surface area contributed by atoms with E-state index in [4.69, 9.17) is 16.7 Å². The van der Waals surface area contributed by atoms with Crippen LogP contribution in [0.2, 0.25) is 5.02 Å². The first-order valence-corrected chi connectivity index (χ1v) is 8.61. The van der Waals surface area contributed by atoms with E-state index in [0.717, 1.165) is 11.3 Å². The molecule has 0 saturated carbocycles. The Balaban J connectivity index is 1.99. The summed E-state index contributed by atoms with van der Waals surface area (Å²) in [5.74, 6) is -0.309. The fourth-order valence-corrected chi connectivity index (χ4v) is 2.65. The van der Waals surface area contributed by atoms with Gasteiger partial charge in [-0.15, -0.1) is 0 Å². The van der Waals surface area contributed by atoms with Crippen molar-refractivity contribution in [3.63, 3.8) is 0 Å². The van der Waals surface area contributed by atoms with Crippen molar-refractivity contribution in [3.05, 3.63) is 53.1 Å². The van der Waals surface area contributed by atoms with Crippen LogP contribution in [0, 0.1) is 6.92 Å². The molecule has 0 aliphatic heterocycles. The molecule has 4 N–H and O–H groups in total. The van der Waals surface area contributed by atoms with Gasteiger partial charge in [-0.2, -0.15) is 0 Å². The highest BCUT2D eigenvalue weighted by molar-refractivity contribution is 7.89. The van der Waals surface area contributed by atoms with Crippen LogP contribution in [0.4, 0.5) is 11.4 Å². The third kappa shape index (κ3) is 4.95. The largest absolute Gasteiger partial charge is 0.376 e. The third-order valence-electron chi connectivity index (χ3n) is 3.05. The molecular formula is C15H16ClN3O3S. The Labute approximate surface area is 139 Å². The molecule has 0 radical (unpaired) electrons. The van der Waals surface area contributed by atoms with E-state index in [1.807, 2.05) is 31.2 Å². The Morgan fingerprint density at radius 1 is 1.17 bits per heavy atom. The average Bonchev–Trinajstić information content (AvgIpc) is 2.48. The summed E-state index contributed by atoms with van der Waals surface area (Å²) < 4.78 is 22.4. The topological polar surface area (TPSA) is 101 Å². The highest BCUT2D eigenvalue weighted by Crippen LogP contribution is 2.24. The Hall–Kier alpha value is -2.09. The first-order valence-electron chi connectivity index (χ1n) is 6.68. The molecule has 6 nitrogen and oxygen atoms in total. The van der Waals surface area contributed by atoms with Gasteiger partial charge in [0.25, 0.3) is 0 Å². The summed E-state index contributed by atoms with van der Waals surface area (Å²) in [5, 5.41) is 10.7. The summed E-state index contributed by atoms with van der Waals surface area (Å²) in [6, 6.07) is 11.5. The van der Waals surface area contributed by atoms with Gasteiger partial charge in [-0.3, -0.25) is 4.79 Å². The minimum atomic E-state index is -3.83. The summed E-state index contributed by atoms with van der Waals surface area (Å²) >= 11 is 5.96. The van der Waals surface area contributed by atoms with Crippen molar-refractivity contribution in [1.29, 1.82) is 0 Å². The molecule has 122 valence electrons. The minimum absolute atomic E-state index is 0.0519. The molecule has 0 aromatic heterocycles. The number of benzene rings is 2. The van der Waals surface area contributed by atoms with Crippen LogP contribution in [0.15, 0.2) is 47.4 Å². The van der Waals surface area contributed by atoms with Crippen molar-refractivity contribution in [1.82, 2.24) is 0 Å². The smallest absolute Gasteiger partial charge is 0.243 e. The number of hydrogen-bond acceptors (Lipinski definition) is 4. The zero-order valence-corrected chi connectivity index (χ0v) is 13.9. The molecule has 8 heteroatoms. The normalized spacial score (nSPS) is 11.1. The number of carbonyl (C=O) groups excluding carboxylic acids is 1. The Morgan fingerprint density at radius 2 is 1.83 bits per heavy atom. The van der Waals surface area contributed by atoms with E-state index in [-0.39, 0.29) is 22.4 Å². The molecule has 0 bridgehead atoms. The minimum Gasteiger partial charge on any atom is -0.376 e. The van der Waals surface area contributed by atoms with Gasteiger partial charge in [0.1, 0.15) is 0 Å². The van der Waals surface area contributed by atoms with Crippen molar-refractivity contribution in [2.45, 2.75) is 11.8 Å². The molecule has 2 rings (SSSR count). The molecule has 2 aromatic rings. The number of carbonyl (C=O) groups is 1. The summed E-state index contributed by atoms with van der Waals surface area (Å²) in [6.45, 7) is 2.03. The predicted octanol–water partition coefficient (Wildman–Crippen LogP) is 2.35. The van der Waals surface area contributed by atoms with Crippen LogP contribution in [-0.2, 0) is 14.8 Å². The second kappa shape index (κ2) is 6.99. The average molecular weight is 354 g/mol. The zero-order valence-electron chi connectivity index (χ0n) is 12.3. The fraction of sp³-hybridized carbons (Fsp3) is 0.133. The predicted molar refractivity (Wildman–Crippen MR) is 91.1 cm³/mol. The Morgan fingerprint density at radius 3 is 2.39 bits per heavy atom. The van der Waals surface area contributed by atoms with Crippen molar-refractivity contribution < 1.29 is 13.2 Å². The van der Waals surface area contributed by atoms with Gasteiger partial charge in [0.05, 0.1) is 22.2 Å². The number of amides is 1. The quantitative estimate of drug-likeness (QED) is 0.767.